The summed E-state index contributed by atoms with van der Waals surface area (Å²) in [6.07, 6.45) is 2.09. The predicted octanol–water partition coefficient (Wildman–Crippen LogP) is 1.63. The Morgan fingerprint density at radius 3 is 2.33 bits per heavy atom. The fourth-order valence-electron chi connectivity index (χ4n) is 1.77. The van der Waals surface area contributed by atoms with Crippen LogP contribution in [0.1, 0.15) is 11.1 Å². The van der Waals surface area contributed by atoms with Crippen LogP contribution in [0.2, 0.25) is 0 Å². The van der Waals surface area contributed by atoms with Gasteiger partial charge >= 0.3 is 10.4 Å². The molecule has 0 spiro atoms. The highest BCUT2D eigenvalue weighted by Crippen LogP contribution is 2.20. The zero-order valence-electron chi connectivity index (χ0n) is 9.95. The Hall–Kier alpha value is -0.660. The summed E-state index contributed by atoms with van der Waals surface area (Å²) in [6.45, 7) is 1.06. The molecule has 0 aliphatic carbocycles. The van der Waals surface area contributed by atoms with Crippen molar-refractivity contribution in [3.8, 4) is 0 Å². The van der Waals surface area contributed by atoms with Crippen LogP contribution in [-0.2, 0) is 23.2 Å². The molecule has 0 unspecified atom stereocenters. The van der Waals surface area contributed by atoms with E-state index in [9.17, 15) is 0 Å². The van der Waals surface area contributed by atoms with Crippen LogP contribution in [0.15, 0.2) is 24.3 Å². The number of halogens is 1. The minimum atomic E-state index is -4.67. The van der Waals surface area contributed by atoms with Crippen LogP contribution in [0.4, 0.5) is 0 Å². The first-order valence-corrected chi connectivity index (χ1v) is 7.21. The average Bonchev–Trinajstić information content (AvgIpc) is 2.37. The number of benzene rings is 1. The summed E-state index contributed by atoms with van der Waals surface area (Å²) in [6, 6.07) is 8.59. The monoisotopic (exact) mass is 293 g/mol. The summed E-state index contributed by atoms with van der Waals surface area (Å²) in [4.78, 5) is 2.21. The number of fused-ring (bicyclic) bond motifs is 1. The van der Waals surface area contributed by atoms with Gasteiger partial charge in [0.25, 0.3) is 0 Å². The van der Waals surface area contributed by atoms with Crippen LogP contribution in [-0.4, -0.2) is 41.5 Å². The van der Waals surface area contributed by atoms with Gasteiger partial charge in [0.05, 0.1) is 5.50 Å². The van der Waals surface area contributed by atoms with E-state index in [0.29, 0.717) is 0 Å². The van der Waals surface area contributed by atoms with Gasteiger partial charge in [0, 0.05) is 13.0 Å². The normalized spacial score (nSPS) is 20.3. The molecule has 1 aliphatic rings. The Morgan fingerprint density at radius 1 is 1.28 bits per heavy atom. The van der Waals surface area contributed by atoms with Crippen LogP contribution in [0.25, 0.3) is 0 Å². The van der Waals surface area contributed by atoms with Crippen molar-refractivity contribution < 1.29 is 17.5 Å². The van der Waals surface area contributed by atoms with Crippen molar-refractivity contribution in [2.75, 3.05) is 13.6 Å². The van der Waals surface area contributed by atoms with E-state index in [4.69, 9.17) is 29.1 Å². The molecule has 0 fully saturated rings. The van der Waals surface area contributed by atoms with Gasteiger partial charge in [-0.15, -0.1) is 11.6 Å². The zero-order valence-corrected chi connectivity index (χ0v) is 11.5. The Kier molecular flexibility index (Phi) is 5.55. The summed E-state index contributed by atoms with van der Waals surface area (Å²) >= 11 is 6.23. The van der Waals surface area contributed by atoms with E-state index in [0.717, 1.165) is 19.4 Å². The van der Waals surface area contributed by atoms with Gasteiger partial charge in [-0.2, -0.15) is 8.42 Å². The molecule has 0 saturated heterocycles. The Bertz CT molecular complexity index is 484. The first-order chi connectivity index (χ1) is 8.27. The maximum atomic E-state index is 8.74. The molecular formula is C11H16ClNO4S. The molecule has 18 heavy (non-hydrogen) atoms. The second kappa shape index (κ2) is 6.49. The third-order valence-corrected chi connectivity index (χ3v) is 3.21. The largest absolute Gasteiger partial charge is 0.394 e. The highest BCUT2D eigenvalue weighted by Gasteiger charge is 2.17. The van der Waals surface area contributed by atoms with Crippen LogP contribution in [0.5, 0.6) is 0 Å². The van der Waals surface area contributed by atoms with Gasteiger partial charge in [-0.3, -0.25) is 14.0 Å². The van der Waals surface area contributed by atoms with E-state index in [1.165, 1.54) is 11.1 Å². The molecule has 1 aromatic rings. The molecule has 0 saturated carbocycles. The van der Waals surface area contributed by atoms with Crippen molar-refractivity contribution in [3.63, 3.8) is 0 Å². The minimum Gasteiger partial charge on any atom is -0.290 e. The molecule has 1 atom stereocenters. The van der Waals surface area contributed by atoms with Gasteiger partial charge in [-0.05, 0) is 24.6 Å². The molecule has 1 heterocycles. The molecule has 0 amide bonds. The van der Waals surface area contributed by atoms with Gasteiger partial charge < -0.3 is 0 Å². The third kappa shape index (κ3) is 5.79. The van der Waals surface area contributed by atoms with E-state index < -0.39 is 10.4 Å². The second-order valence-corrected chi connectivity index (χ2v) is 5.49. The number of hydrogen-bond donors (Lipinski definition) is 2. The van der Waals surface area contributed by atoms with Crippen molar-refractivity contribution in [1.82, 2.24) is 4.90 Å². The Labute approximate surface area is 112 Å². The molecule has 0 radical (unpaired) electrons. The summed E-state index contributed by atoms with van der Waals surface area (Å²) < 4.78 is 31.6. The molecule has 0 aromatic heterocycles. The summed E-state index contributed by atoms with van der Waals surface area (Å²) in [5, 5.41) is 0. The van der Waals surface area contributed by atoms with E-state index in [1.807, 2.05) is 0 Å². The van der Waals surface area contributed by atoms with Crippen LogP contribution in [0.3, 0.4) is 0 Å². The lowest BCUT2D eigenvalue weighted by molar-refractivity contribution is 0.319. The maximum Gasteiger partial charge on any atom is 0.394 e. The lowest BCUT2D eigenvalue weighted by Crippen LogP contribution is -2.28. The SMILES string of the molecule is CN1CCc2ccccc2C[C@@H]1Cl.O=S(=O)(O)O. The maximum absolute atomic E-state index is 8.74. The van der Waals surface area contributed by atoms with Crippen LogP contribution in [0, 0.1) is 0 Å². The molecular weight excluding hydrogens is 278 g/mol. The smallest absolute Gasteiger partial charge is 0.290 e. The van der Waals surface area contributed by atoms with Crippen molar-refractivity contribution in [2.45, 2.75) is 18.3 Å². The molecule has 1 aliphatic heterocycles. The van der Waals surface area contributed by atoms with E-state index >= 15 is 0 Å². The number of rotatable bonds is 0. The van der Waals surface area contributed by atoms with E-state index in [-0.39, 0.29) is 5.50 Å². The lowest BCUT2D eigenvalue weighted by atomic mass is 10.0. The Morgan fingerprint density at radius 2 is 1.78 bits per heavy atom. The van der Waals surface area contributed by atoms with Gasteiger partial charge in [-0.1, -0.05) is 24.3 Å². The summed E-state index contributed by atoms with van der Waals surface area (Å²) in [7, 11) is -2.58. The molecule has 7 heteroatoms. The van der Waals surface area contributed by atoms with Crippen LogP contribution >= 0.6 is 11.6 Å². The highest BCUT2D eigenvalue weighted by molar-refractivity contribution is 7.79. The molecule has 102 valence electrons. The summed E-state index contributed by atoms with van der Waals surface area (Å²) in [5.74, 6) is 0. The minimum absolute atomic E-state index is 0.156. The predicted molar refractivity (Wildman–Crippen MR) is 70.3 cm³/mol. The van der Waals surface area contributed by atoms with Gasteiger partial charge in [0.1, 0.15) is 0 Å². The van der Waals surface area contributed by atoms with Gasteiger partial charge in [0.2, 0.25) is 0 Å². The van der Waals surface area contributed by atoms with E-state index in [2.05, 4.69) is 36.2 Å². The first-order valence-electron chi connectivity index (χ1n) is 5.38. The third-order valence-electron chi connectivity index (χ3n) is 2.72. The van der Waals surface area contributed by atoms with Gasteiger partial charge in [-0.25, -0.2) is 0 Å². The molecule has 0 bridgehead atoms. The molecule has 1 aromatic carbocycles. The topological polar surface area (TPSA) is 77.8 Å². The molecule has 5 nitrogen and oxygen atoms in total. The van der Waals surface area contributed by atoms with Crippen LogP contribution < -0.4 is 0 Å². The highest BCUT2D eigenvalue weighted by atomic mass is 35.5. The van der Waals surface area contributed by atoms with Gasteiger partial charge in [0.15, 0.2) is 0 Å². The zero-order chi connectivity index (χ0) is 13.8. The quantitative estimate of drug-likeness (QED) is 0.432. The average molecular weight is 294 g/mol. The summed E-state index contributed by atoms with van der Waals surface area (Å²) in [5.41, 5.74) is 3.02. The lowest BCUT2D eigenvalue weighted by Gasteiger charge is -2.18. The standard InChI is InChI=1S/C11H14ClN.H2O4S/c1-13-7-6-9-4-2-3-5-10(9)8-11(13)12;1-5(2,3)4/h2-5,11H,6-8H2,1H3;(H2,1,2,3,4)/t11-;/m1./s1. The number of likely N-dealkylation sites (N-methyl/N-ethyl adjacent to an activating group) is 1. The first kappa shape index (κ1) is 15.4. The number of nitrogens with zero attached hydrogens (tertiary/aromatic N) is 1. The van der Waals surface area contributed by atoms with E-state index in [1.54, 1.807) is 0 Å². The number of hydrogen-bond acceptors (Lipinski definition) is 3. The van der Waals surface area contributed by atoms with Crippen molar-refractivity contribution in [2.24, 2.45) is 0 Å². The second-order valence-electron chi connectivity index (χ2n) is 4.09. The van der Waals surface area contributed by atoms with Crippen molar-refractivity contribution >= 4 is 22.0 Å². The number of alkyl halides is 1. The van der Waals surface area contributed by atoms with Crippen molar-refractivity contribution in [1.29, 1.82) is 0 Å². The fraction of sp³-hybridized carbons (Fsp3) is 0.455. The fourth-order valence-corrected chi connectivity index (χ4v) is 2.04. The molecule has 2 rings (SSSR count). The Balaban J connectivity index is 0.000000280. The van der Waals surface area contributed by atoms with Crippen molar-refractivity contribution in [3.05, 3.63) is 35.4 Å². The molecule has 2 N–H and O–H groups in total.